The fourth-order valence-corrected chi connectivity index (χ4v) is 2.59. The van der Waals surface area contributed by atoms with Crippen LogP contribution in [0.3, 0.4) is 0 Å². The second-order valence-corrected chi connectivity index (χ2v) is 5.25. The summed E-state index contributed by atoms with van der Waals surface area (Å²) in [7, 11) is 1.75. The molecule has 2 aromatic carbocycles. The molecular formula is C16H18OS. The standard InChI is InChI=1S/C16H18OS/c1-17-12-5-13-18-16-10-8-15(9-11-16)14-6-3-2-4-7-14/h2-4,6-11H,5,12-13H2,1H3. The van der Waals surface area contributed by atoms with E-state index in [0.717, 1.165) is 18.8 Å². The van der Waals surface area contributed by atoms with Crippen molar-refractivity contribution in [3.05, 3.63) is 54.6 Å². The van der Waals surface area contributed by atoms with Gasteiger partial charge in [-0.2, -0.15) is 0 Å². The second kappa shape index (κ2) is 7.24. The maximum atomic E-state index is 5.04. The van der Waals surface area contributed by atoms with Crippen molar-refractivity contribution in [3.8, 4) is 11.1 Å². The smallest absolute Gasteiger partial charge is 0.0470 e. The zero-order valence-electron chi connectivity index (χ0n) is 10.6. The molecule has 0 unspecified atom stereocenters. The molecule has 0 fully saturated rings. The van der Waals surface area contributed by atoms with Crippen LogP contribution in [-0.4, -0.2) is 19.5 Å². The van der Waals surface area contributed by atoms with Crippen LogP contribution in [0.2, 0.25) is 0 Å². The fraction of sp³-hybridized carbons (Fsp3) is 0.250. The highest BCUT2D eigenvalue weighted by molar-refractivity contribution is 7.99. The van der Waals surface area contributed by atoms with E-state index in [-0.39, 0.29) is 0 Å². The van der Waals surface area contributed by atoms with Crippen LogP contribution in [0.15, 0.2) is 59.5 Å². The van der Waals surface area contributed by atoms with Crippen LogP contribution in [0.25, 0.3) is 11.1 Å². The van der Waals surface area contributed by atoms with Crippen LogP contribution < -0.4 is 0 Å². The SMILES string of the molecule is COCCCSc1ccc(-c2ccccc2)cc1. The number of thioether (sulfide) groups is 1. The Bertz CT molecular complexity index is 450. The Morgan fingerprint density at radius 2 is 1.56 bits per heavy atom. The molecule has 0 amide bonds. The van der Waals surface area contributed by atoms with Crippen LogP contribution >= 0.6 is 11.8 Å². The summed E-state index contributed by atoms with van der Waals surface area (Å²) in [4.78, 5) is 1.32. The fourth-order valence-electron chi connectivity index (χ4n) is 1.77. The maximum Gasteiger partial charge on any atom is 0.0470 e. The van der Waals surface area contributed by atoms with Gasteiger partial charge in [0.15, 0.2) is 0 Å². The van der Waals surface area contributed by atoms with Gasteiger partial charge < -0.3 is 4.74 Å². The van der Waals surface area contributed by atoms with Crippen LogP contribution in [0.1, 0.15) is 6.42 Å². The van der Waals surface area contributed by atoms with Crippen molar-refractivity contribution < 1.29 is 4.74 Å². The minimum absolute atomic E-state index is 0.842. The topological polar surface area (TPSA) is 9.23 Å². The average Bonchev–Trinajstić information content (AvgIpc) is 2.45. The first-order chi connectivity index (χ1) is 8.90. The third-order valence-electron chi connectivity index (χ3n) is 2.72. The van der Waals surface area contributed by atoms with E-state index < -0.39 is 0 Å². The molecule has 0 atom stereocenters. The first-order valence-electron chi connectivity index (χ1n) is 6.17. The van der Waals surface area contributed by atoms with Crippen LogP contribution in [0.4, 0.5) is 0 Å². The molecule has 0 aliphatic rings. The van der Waals surface area contributed by atoms with Crippen molar-refractivity contribution in [2.45, 2.75) is 11.3 Å². The molecule has 0 saturated carbocycles. The molecule has 2 rings (SSSR count). The molecule has 0 N–H and O–H groups in total. The summed E-state index contributed by atoms with van der Waals surface area (Å²) in [6.07, 6.45) is 1.10. The van der Waals surface area contributed by atoms with E-state index >= 15 is 0 Å². The van der Waals surface area contributed by atoms with Gasteiger partial charge in [0.1, 0.15) is 0 Å². The largest absolute Gasteiger partial charge is 0.385 e. The lowest BCUT2D eigenvalue weighted by atomic mass is 10.1. The summed E-state index contributed by atoms with van der Waals surface area (Å²) in [6.45, 7) is 0.842. The number of methoxy groups -OCH3 is 1. The summed E-state index contributed by atoms with van der Waals surface area (Å²) < 4.78 is 5.04. The van der Waals surface area contributed by atoms with Gasteiger partial charge in [0.25, 0.3) is 0 Å². The molecule has 1 nitrogen and oxygen atoms in total. The predicted molar refractivity (Wildman–Crippen MR) is 79.1 cm³/mol. The normalized spacial score (nSPS) is 10.5. The first kappa shape index (κ1) is 13.2. The molecule has 0 radical (unpaired) electrons. The highest BCUT2D eigenvalue weighted by Gasteiger charge is 1.98. The average molecular weight is 258 g/mol. The van der Waals surface area contributed by atoms with Crippen molar-refractivity contribution >= 4 is 11.8 Å². The number of rotatable bonds is 6. The molecule has 0 spiro atoms. The lowest BCUT2D eigenvalue weighted by Gasteiger charge is -2.04. The summed E-state index contributed by atoms with van der Waals surface area (Å²) in [5.41, 5.74) is 2.55. The summed E-state index contributed by atoms with van der Waals surface area (Å²) in [6, 6.07) is 19.2. The number of ether oxygens (including phenoxy) is 1. The Morgan fingerprint density at radius 1 is 0.889 bits per heavy atom. The number of hydrogen-bond acceptors (Lipinski definition) is 2. The van der Waals surface area contributed by atoms with Gasteiger partial charge in [-0.15, -0.1) is 11.8 Å². The minimum atomic E-state index is 0.842. The third kappa shape index (κ3) is 3.90. The monoisotopic (exact) mass is 258 g/mol. The Morgan fingerprint density at radius 3 is 2.22 bits per heavy atom. The van der Waals surface area contributed by atoms with Gasteiger partial charge in [0.05, 0.1) is 0 Å². The Hall–Kier alpha value is -1.25. The Balaban J connectivity index is 1.94. The van der Waals surface area contributed by atoms with Crippen molar-refractivity contribution in [3.63, 3.8) is 0 Å². The lowest BCUT2D eigenvalue weighted by molar-refractivity contribution is 0.200. The van der Waals surface area contributed by atoms with E-state index in [1.165, 1.54) is 16.0 Å². The van der Waals surface area contributed by atoms with Crippen molar-refractivity contribution in [1.82, 2.24) is 0 Å². The van der Waals surface area contributed by atoms with Gasteiger partial charge in [-0.05, 0) is 29.7 Å². The van der Waals surface area contributed by atoms with Gasteiger partial charge in [0.2, 0.25) is 0 Å². The quantitative estimate of drug-likeness (QED) is 0.558. The van der Waals surface area contributed by atoms with E-state index in [4.69, 9.17) is 4.74 Å². The maximum absolute atomic E-state index is 5.04. The number of hydrogen-bond donors (Lipinski definition) is 0. The molecule has 2 aromatic rings. The van der Waals surface area contributed by atoms with E-state index in [1.807, 2.05) is 17.8 Å². The molecule has 2 heteroatoms. The molecule has 0 bridgehead atoms. The number of benzene rings is 2. The van der Waals surface area contributed by atoms with Crippen molar-refractivity contribution in [1.29, 1.82) is 0 Å². The Labute approximate surface area is 113 Å². The van der Waals surface area contributed by atoms with E-state index in [2.05, 4.69) is 48.5 Å². The summed E-state index contributed by atoms with van der Waals surface area (Å²) in [5, 5.41) is 0. The Kier molecular flexibility index (Phi) is 5.31. The summed E-state index contributed by atoms with van der Waals surface area (Å²) >= 11 is 1.88. The lowest BCUT2D eigenvalue weighted by Crippen LogP contribution is -1.90. The van der Waals surface area contributed by atoms with E-state index in [0.29, 0.717) is 0 Å². The highest BCUT2D eigenvalue weighted by atomic mass is 32.2. The predicted octanol–water partition coefficient (Wildman–Crippen LogP) is 4.48. The molecule has 18 heavy (non-hydrogen) atoms. The molecule has 0 saturated heterocycles. The van der Waals surface area contributed by atoms with E-state index in [1.54, 1.807) is 7.11 Å². The molecular weight excluding hydrogens is 240 g/mol. The van der Waals surface area contributed by atoms with Gasteiger partial charge >= 0.3 is 0 Å². The third-order valence-corrected chi connectivity index (χ3v) is 3.82. The zero-order valence-corrected chi connectivity index (χ0v) is 11.5. The van der Waals surface area contributed by atoms with Gasteiger partial charge in [-0.3, -0.25) is 0 Å². The van der Waals surface area contributed by atoms with Crippen LogP contribution in [0.5, 0.6) is 0 Å². The zero-order chi connectivity index (χ0) is 12.6. The second-order valence-electron chi connectivity index (χ2n) is 4.09. The van der Waals surface area contributed by atoms with Crippen molar-refractivity contribution in [2.24, 2.45) is 0 Å². The molecule has 94 valence electrons. The van der Waals surface area contributed by atoms with Gasteiger partial charge in [-0.1, -0.05) is 42.5 Å². The van der Waals surface area contributed by atoms with Gasteiger partial charge in [-0.25, -0.2) is 0 Å². The first-order valence-corrected chi connectivity index (χ1v) is 7.16. The molecule has 0 heterocycles. The highest BCUT2D eigenvalue weighted by Crippen LogP contribution is 2.24. The molecule has 0 aliphatic heterocycles. The summed E-state index contributed by atoms with van der Waals surface area (Å²) in [5.74, 6) is 1.11. The van der Waals surface area contributed by atoms with Gasteiger partial charge in [0, 0.05) is 24.4 Å². The molecule has 0 aromatic heterocycles. The van der Waals surface area contributed by atoms with Crippen LogP contribution in [0, 0.1) is 0 Å². The molecule has 0 aliphatic carbocycles. The van der Waals surface area contributed by atoms with E-state index in [9.17, 15) is 0 Å². The van der Waals surface area contributed by atoms with Crippen LogP contribution in [-0.2, 0) is 4.74 Å². The minimum Gasteiger partial charge on any atom is -0.385 e. The van der Waals surface area contributed by atoms with Crippen molar-refractivity contribution in [2.75, 3.05) is 19.5 Å².